The Balaban J connectivity index is 2.30. The summed E-state index contributed by atoms with van der Waals surface area (Å²) in [5, 5.41) is 0.242. The fraction of sp³-hybridized carbons (Fsp3) is 0.462. The van der Waals surface area contributed by atoms with Gasteiger partial charge < -0.3 is 4.57 Å². The first kappa shape index (κ1) is 13.2. The van der Waals surface area contributed by atoms with E-state index in [0.29, 0.717) is 17.7 Å². The van der Waals surface area contributed by atoms with Crippen molar-refractivity contribution in [2.45, 2.75) is 25.8 Å². The van der Waals surface area contributed by atoms with Crippen LogP contribution in [0.3, 0.4) is 0 Å². The lowest BCUT2D eigenvalue weighted by atomic mass is 10.2. The quantitative estimate of drug-likeness (QED) is 0.617. The number of hydrogen-bond donors (Lipinski definition) is 0. The minimum Gasteiger partial charge on any atom is -0.305 e. The molecule has 0 bridgehead atoms. The van der Waals surface area contributed by atoms with E-state index in [0.717, 1.165) is 23.8 Å². The van der Waals surface area contributed by atoms with Gasteiger partial charge in [0.25, 0.3) is 5.56 Å². The van der Waals surface area contributed by atoms with E-state index < -0.39 is 5.69 Å². The van der Waals surface area contributed by atoms with Crippen LogP contribution in [0.15, 0.2) is 21.2 Å². The first-order valence-corrected chi connectivity index (χ1v) is 6.88. The Morgan fingerprint density at radius 1 is 1.30 bits per heavy atom. The third-order valence-electron chi connectivity index (χ3n) is 3.80. The van der Waals surface area contributed by atoms with Crippen LogP contribution in [0.1, 0.15) is 19.3 Å². The molecule has 0 saturated carbocycles. The zero-order valence-corrected chi connectivity index (χ0v) is 12.1. The predicted octanol–water partition coefficient (Wildman–Crippen LogP) is 1.20. The molecular formula is C13H15ClN4O2. The van der Waals surface area contributed by atoms with Crippen molar-refractivity contribution >= 4 is 22.8 Å². The van der Waals surface area contributed by atoms with Gasteiger partial charge in [-0.25, -0.2) is 4.79 Å². The number of rotatable bonds is 2. The lowest BCUT2D eigenvalue weighted by Gasteiger charge is -2.08. The minimum atomic E-state index is -0.399. The third kappa shape index (κ3) is 1.83. The number of nitrogens with zero attached hydrogens (tertiary/aromatic N) is 4. The lowest BCUT2D eigenvalue weighted by molar-refractivity contribution is 0.699. The van der Waals surface area contributed by atoms with Crippen LogP contribution in [0, 0.1) is 0 Å². The fourth-order valence-corrected chi connectivity index (χ4v) is 2.87. The Bertz CT molecular complexity index is 841. The van der Waals surface area contributed by atoms with E-state index in [2.05, 4.69) is 11.1 Å². The molecule has 2 heterocycles. The van der Waals surface area contributed by atoms with Crippen molar-refractivity contribution in [3.63, 3.8) is 0 Å². The lowest BCUT2D eigenvalue weighted by Crippen LogP contribution is -2.37. The van der Waals surface area contributed by atoms with Gasteiger partial charge in [0, 0.05) is 20.6 Å². The number of aryl methyl sites for hydroxylation is 1. The summed E-state index contributed by atoms with van der Waals surface area (Å²) in [5.74, 6) is 0. The van der Waals surface area contributed by atoms with Gasteiger partial charge in [-0.15, -0.1) is 0 Å². The average molecular weight is 295 g/mol. The maximum Gasteiger partial charge on any atom is 0.332 e. The van der Waals surface area contributed by atoms with Gasteiger partial charge in [-0.2, -0.15) is 4.98 Å². The van der Waals surface area contributed by atoms with Crippen molar-refractivity contribution in [2.75, 3.05) is 0 Å². The Kier molecular flexibility index (Phi) is 3.05. The molecule has 0 unspecified atom stereocenters. The number of hydrogen-bond acceptors (Lipinski definition) is 3. The van der Waals surface area contributed by atoms with E-state index in [1.54, 1.807) is 11.6 Å². The van der Waals surface area contributed by atoms with Crippen LogP contribution in [0.25, 0.3) is 11.2 Å². The maximum absolute atomic E-state index is 12.3. The summed E-state index contributed by atoms with van der Waals surface area (Å²) in [6.45, 7) is 0.558. The summed E-state index contributed by atoms with van der Waals surface area (Å²) >= 11 is 6.16. The number of halogens is 1. The highest BCUT2D eigenvalue weighted by Gasteiger charge is 2.19. The molecule has 1 aliphatic carbocycles. The van der Waals surface area contributed by atoms with E-state index in [1.807, 2.05) is 0 Å². The summed E-state index contributed by atoms with van der Waals surface area (Å²) in [6, 6.07) is 0. The molecule has 1 aliphatic rings. The van der Waals surface area contributed by atoms with Crippen LogP contribution < -0.4 is 11.2 Å². The van der Waals surface area contributed by atoms with Crippen molar-refractivity contribution < 1.29 is 0 Å². The second-order valence-electron chi connectivity index (χ2n) is 5.10. The first-order valence-electron chi connectivity index (χ1n) is 6.50. The number of aromatic nitrogens is 4. The van der Waals surface area contributed by atoms with Crippen molar-refractivity contribution in [1.29, 1.82) is 0 Å². The van der Waals surface area contributed by atoms with E-state index in [-0.39, 0.29) is 10.8 Å². The van der Waals surface area contributed by atoms with Gasteiger partial charge in [0.05, 0.1) is 0 Å². The van der Waals surface area contributed by atoms with Gasteiger partial charge in [0.2, 0.25) is 5.28 Å². The topological polar surface area (TPSA) is 61.8 Å². The van der Waals surface area contributed by atoms with Crippen molar-refractivity contribution in [2.24, 2.45) is 14.1 Å². The highest BCUT2D eigenvalue weighted by atomic mass is 35.5. The predicted molar refractivity (Wildman–Crippen MR) is 77.2 cm³/mol. The molecule has 20 heavy (non-hydrogen) atoms. The first-order chi connectivity index (χ1) is 9.50. The molecule has 0 spiro atoms. The molecule has 0 fully saturated rings. The van der Waals surface area contributed by atoms with Crippen LogP contribution in [0.2, 0.25) is 5.28 Å². The van der Waals surface area contributed by atoms with Crippen molar-refractivity contribution in [3.05, 3.63) is 37.8 Å². The summed E-state index contributed by atoms with van der Waals surface area (Å²) < 4.78 is 4.12. The molecule has 0 amide bonds. The SMILES string of the molecule is Cn1c(=O)c2c(nc(Cl)n2CC2=CCCC2)n(C)c1=O. The average Bonchev–Trinajstić information content (AvgIpc) is 3.04. The zero-order chi connectivity index (χ0) is 14.4. The molecule has 0 aromatic carbocycles. The normalized spacial score (nSPS) is 15.1. The van der Waals surface area contributed by atoms with Crippen LogP contribution in [-0.2, 0) is 20.6 Å². The van der Waals surface area contributed by atoms with Gasteiger partial charge in [-0.3, -0.25) is 13.9 Å². The highest BCUT2D eigenvalue weighted by Crippen LogP contribution is 2.23. The molecule has 3 rings (SSSR count). The largest absolute Gasteiger partial charge is 0.332 e. The Hall–Kier alpha value is -1.82. The molecule has 0 N–H and O–H groups in total. The molecule has 0 saturated heterocycles. The molecule has 0 atom stereocenters. The molecule has 106 valence electrons. The second kappa shape index (κ2) is 4.63. The molecule has 0 aliphatic heterocycles. The summed E-state index contributed by atoms with van der Waals surface area (Å²) in [5.41, 5.74) is 1.21. The number of fused-ring (bicyclic) bond motifs is 1. The van der Waals surface area contributed by atoms with Gasteiger partial charge in [0.1, 0.15) is 0 Å². The number of imidazole rings is 1. The molecule has 2 aromatic rings. The minimum absolute atomic E-state index is 0.242. The van der Waals surface area contributed by atoms with E-state index in [4.69, 9.17) is 11.6 Å². The zero-order valence-electron chi connectivity index (χ0n) is 11.4. The van der Waals surface area contributed by atoms with Gasteiger partial charge in [-0.1, -0.05) is 11.6 Å². The molecular weight excluding hydrogens is 280 g/mol. The van der Waals surface area contributed by atoms with Crippen LogP contribution in [0.4, 0.5) is 0 Å². The molecule has 2 aromatic heterocycles. The summed E-state index contributed by atoms with van der Waals surface area (Å²) in [6.07, 6.45) is 5.39. The van der Waals surface area contributed by atoms with Crippen LogP contribution in [0.5, 0.6) is 0 Å². The Labute approximate surface area is 119 Å². The smallest absolute Gasteiger partial charge is 0.305 e. The molecule has 7 heteroatoms. The Morgan fingerprint density at radius 2 is 2.05 bits per heavy atom. The van der Waals surface area contributed by atoms with Gasteiger partial charge in [-0.05, 0) is 30.9 Å². The summed E-state index contributed by atoms with van der Waals surface area (Å²) in [7, 11) is 3.05. The number of allylic oxidation sites excluding steroid dienone is 2. The monoisotopic (exact) mass is 294 g/mol. The standard InChI is InChI=1S/C13H15ClN4O2/c1-16-10-9(11(19)17(2)13(16)20)18(12(14)15-10)7-8-5-3-4-6-8/h5H,3-4,6-7H2,1-2H3. The Morgan fingerprint density at radius 3 is 2.70 bits per heavy atom. The molecule has 6 nitrogen and oxygen atoms in total. The van der Waals surface area contributed by atoms with E-state index >= 15 is 0 Å². The van der Waals surface area contributed by atoms with Gasteiger partial charge in [0.15, 0.2) is 11.2 Å². The summed E-state index contributed by atoms with van der Waals surface area (Å²) in [4.78, 5) is 28.4. The maximum atomic E-state index is 12.3. The molecule has 0 radical (unpaired) electrons. The highest BCUT2D eigenvalue weighted by molar-refractivity contribution is 6.29. The second-order valence-corrected chi connectivity index (χ2v) is 5.44. The van der Waals surface area contributed by atoms with Crippen LogP contribution in [-0.4, -0.2) is 18.7 Å². The fourth-order valence-electron chi connectivity index (χ4n) is 2.65. The van der Waals surface area contributed by atoms with Crippen molar-refractivity contribution in [1.82, 2.24) is 18.7 Å². The van der Waals surface area contributed by atoms with Crippen LogP contribution >= 0.6 is 11.6 Å². The van der Waals surface area contributed by atoms with Crippen molar-refractivity contribution in [3.8, 4) is 0 Å². The van der Waals surface area contributed by atoms with E-state index in [9.17, 15) is 9.59 Å². The van der Waals surface area contributed by atoms with Gasteiger partial charge >= 0.3 is 5.69 Å². The van der Waals surface area contributed by atoms with E-state index in [1.165, 1.54) is 17.2 Å². The third-order valence-corrected chi connectivity index (χ3v) is 4.09.